The van der Waals surface area contributed by atoms with E-state index in [1.54, 1.807) is 0 Å². The lowest BCUT2D eigenvalue weighted by Gasteiger charge is -2.43. The summed E-state index contributed by atoms with van der Waals surface area (Å²) in [6.45, 7) is 4.28. The molecule has 0 spiro atoms. The minimum Gasteiger partial charge on any atom is -0.480 e. The number of sulfone groups is 1. The predicted molar refractivity (Wildman–Crippen MR) is 114 cm³/mol. The van der Waals surface area contributed by atoms with Crippen LogP contribution in [0.3, 0.4) is 0 Å². The van der Waals surface area contributed by atoms with Gasteiger partial charge in [-0.25, -0.2) is 22.8 Å². The quantitative estimate of drug-likeness (QED) is 0.626. The van der Waals surface area contributed by atoms with Crippen LogP contribution in [0, 0.1) is 11.2 Å². The van der Waals surface area contributed by atoms with E-state index in [1.165, 1.54) is 52.4 Å². The highest BCUT2D eigenvalue weighted by molar-refractivity contribution is 7.93. The maximum Gasteiger partial charge on any atom is 0.275 e. The highest BCUT2D eigenvalue weighted by Crippen LogP contribution is 2.38. The molecule has 1 aromatic carbocycles. The lowest BCUT2D eigenvalue weighted by atomic mass is 9.91. The largest absolute Gasteiger partial charge is 0.480 e. The number of hydrogen-bond acceptors (Lipinski definition) is 7. The topological polar surface area (TPSA) is 134 Å². The van der Waals surface area contributed by atoms with Gasteiger partial charge in [-0.3, -0.25) is 10.2 Å². The molecule has 1 fully saturated rings. The summed E-state index contributed by atoms with van der Waals surface area (Å²) in [5.41, 5.74) is -1.46. The van der Waals surface area contributed by atoms with E-state index in [2.05, 4.69) is 20.6 Å². The van der Waals surface area contributed by atoms with E-state index in [-0.39, 0.29) is 33.7 Å². The van der Waals surface area contributed by atoms with Crippen molar-refractivity contribution in [1.82, 2.24) is 15.3 Å². The first-order valence-electron chi connectivity index (χ1n) is 9.07. The molecule has 1 amide bonds. The number of methoxy groups -OCH3 is 1. The molecule has 9 nitrogen and oxygen atoms in total. The van der Waals surface area contributed by atoms with Crippen molar-refractivity contribution in [3.63, 3.8) is 0 Å². The average Bonchev–Trinajstić information content (AvgIpc) is 2.68. The van der Waals surface area contributed by atoms with Gasteiger partial charge in [-0.1, -0.05) is 11.6 Å². The Kier molecular flexibility index (Phi) is 5.70. The van der Waals surface area contributed by atoms with Crippen molar-refractivity contribution < 1.29 is 22.3 Å². The Morgan fingerprint density at radius 2 is 1.97 bits per heavy atom. The van der Waals surface area contributed by atoms with Gasteiger partial charge in [0.25, 0.3) is 5.91 Å². The number of halogens is 2. The SMILES string of the molecule is COc1cnc(C(=O)Nc2cc(Cl)c(F)c([C@]3(C)CS(=O)(=O)C(C)(C)C(=N)N3)c2)cn1. The summed E-state index contributed by atoms with van der Waals surface area (Å²) in [7, 11) is -2.39. The molecule has 166 valence electrons. The molecule has 1 atom stereocenters. The first-order chi connectivity index (χ1) is 14.3. The molecule has 1 aromatic heterocycles. The van der Waals surface area contributed by atoms with Crippen molar-refractivity contribution >= 4 is 38.9 Å². The van der Waals surface area contributed by atoms with E-state index >= 15 is 0 Å². The van der Waals surface area contributed by atoms with Gasteiger partial charge in [0.2, 0.25) is 5.88 Å². The molecule has 31 heavy (non-hydrogen) atoms. The highest BCUT2D eigenvalue weighted by Gasteiger charge is 2.51. The Hall–Kier alpha value is -2.79. The maximum atomic E-state index is 14.9. The second kappa shape index (κ2) is 7.72. The van der Waals surface area contributed by atoms with Gasteiger partial charge in [0.15, 0.2) is 9.84 Å². The van der Waals surface area contributed by atoms with Crippen molar-refractivity contribution in [2.45, 2.75) is 31.1 Å². The number of carbonyl (C=O) groups excluding carboxylic acids is 1. The van der Waals surface area contributed by atoms with Crippen LogP contribution < -0.4 is 15.4 Å². The Balaban J connectivity index is 1.98. The first-order valence-corrected chi connectivity index (χ1v) is 11.1. The van der Waals surface area contributed by atoms with Crippen LogP contribution in [0.2, 0.25) is 5.02 Å². The van der Waals surface area contributed by atoms with E-state index in [9.17, 15) is 17.6 Å². The van der Waals surface area contributed by atoms with Crippen LogP contribution in [0.5, 0.6) is 5.88 Å². The van der Waals surface area contributed by atoms with Gasteiger partial charge in [-0.2, -0.15) is 0 Å². The Morgan fingerprint density at radius 1 is 1.29 bits per heavy atom. The van der Waals surface area contributed by atoms with Crippen LogP contribution in [0.15, 0.2) is 24.5 Å². The monoisotopic (exact) mass is 469 g/mol. The molecule has 12 heteroatoms. The summed E-state index contributed by atoms with van der Waals surface area (Å²) < 4.78 is 43.9. The van der Waals surface area contributed by atoms with Gasteiger partial charge in [-0.05, 0) is 32.9 Å². The van der Waals surface area contributed by atoms with Crippen molar-refractivity contribution in [3.8, 4) is 5.88 Å². The number of carbonyl (C=O) groups is 1. The third kappa shape index (κ3) is 4.07. The standard InChI is InChI=1S/C19H21ClFN5O4S/c1-18(2)17(22)26-19(3,9-31(18,28)29)11-5-10(6-12(20)15(11)21)25-16(27)13-7-24-14(30-4)8-23-13/h5-8H,9H2,1-4H3,(H2,22,26)(H,25,27)/t19-/m0/s1. The lowest BCUT2D eigenvalue weighted by molar-refractivity contribution is 0.102. The molecule has 0 radical (unpaired) electrons. The van der Waals surface area contributed by atoms with Crippen LogP contribution in [0.1, 0.15) is 36.8 Å². The fourth-order valence-electron chi connectivity index (χ4n) is 3.12. The van der Waals surface area contributed by atoms with E-state index in [0.29, 0.717) is 0 Å². The van der Waals surface area contributed by atoms with Crippen molar-refractivity contribution in [2.75, 3.05) is 18.2 Å². The second-order valence-electron chi connectivity index (χ2n) is 7.82. The van der Waals surface area contributed by atoms with Gasteiger partial charge in [0.1, 0.15) is 22.1 Å². The van der Waals surface area contributed by atoms with Gasteiger partial charge < -0.3 is 15.4 Å². The van der Waals surface area contributed by atoms with Gasteiger partial charge >= 0.3 is 0 Å². The van der Waals surface area contributed by atoms with Gasteiger partial charge in [0.05, 0.1) is 35.8 Å². The molecule has 3 rings (SSSR count). The maximum absolute atomic E-state index is 14.9. The molecule has 2 heterocycles. The number of rotatable bonds is 4. The summed E-state index contributed by atoms with van der Waals surface area (Å²) in [6, 6.07) is 2.48. The van der Waals surface area contributed by atoms with E-state index < -0.39 is 37.6 Å². The first kappa shape index (κ1) is 22.9. The summed E-state index contributed by atoms with van der Waals surface area (Å²) in [5.74, 6) is -1.98. The third-order valence-corrected chi connectivity index (χ3v) is 8.20. The Labute approximate surface area is 183 Å². The van der Waals surface area contributed by atoms with Crippen LogP contribution in [-0.4, -0.2) is 47.7 Å². The highest BCUT2D eigenvalue weighted by atomic mass is 35.5. The van der Waals surface area contributed by atoms with Crippen LogP contribution in [0.4, 0.5) is 10.1 Å². The number of benzene rings is 1. The van der Waals surface area contributed by atoms with Crippen molar-refractivity contribution in [3.05, 3.63) is 46.6 Å². The number of amides is 1. The summed E-state index contributed by atoms with van der Waals surface area (Å²) in [5, 5.41) is 13.2. The predicted octanol–water partition coefficient (Wildman–Crippen LogP) is 2.52. The van der Waals surface area contributed by atoms with Crippen LogP contribution in [-0.2, 0) is 15.4 Å². The third-order valence-electron chi connectivity index (χ3n) is 5.21. The number of nitrogens with one attached hydrogen (secondary N) is 3. The van der Waals surface area contributed by atoms with Crippen LogP contribution in [0.25, 0.3) is 0 Å². The van der Waals surface area contributed by atoms with E-state index in [1.807, 2.05) is 0 Å². The lowest BCUT2D eigenvalue weighted by Crippen LogP contribution is -2.64. The zero-order valence-corrected chi connectivity index (χ0v) is 18.8. The van der Waals surface area contributed by atoms with E-state index in [0.717, 1.165) is 0 Å². The fraction of sp³-hybridized carbons (Fsp3) is 0.368. The minimum absolute atomic E-state index is 0.0177. The van der Waals surface area contributed by atoms with Gasteiger partial charge in [-0.15, -0.1) is 0 Å². The number of hydrogen-bond donors (Lipinski definition) is 3. The summed E-state index contributed by atoms with van der Waals surface area (Å²) in [4.78, 5) is 20.3. The van der Waals surface area contributed by atoms with E-state index in [4.69, 9.17) is 21.7 Å². The summed E-state index contributed by atoms with van der Waals surface area (Å²) in [6.07, 6.45) is 2.48. The molecule has 0 aliphatic carbocycles. The zero-order chi connectivity index (χ0) is 23.2. The minimum atomic E-state index is -3.80. The number of anilines is 1. The molecule has 1 aliphatic heterocycles. The molecule has 1 saturated heterocycles. The van der Waals surface area contributed by atoms with Crippen LogP contribution >= 0.6 is 11.6 Å². The number of nitrogens with zero attached hydrogens (tertiary/aromatic N) is 2. The average molecular weight is 470 g/mol. The molecule has 2 aromatic rings. The molecular formula is C19H21ClFN5O4S. The second-order valence-corrected chi connectivity index (χ2v) is 10.8. The number of ether oxygens (including phenoxy) is 1. The fourth-order valence-corrected chi connectivity index (χ4v) is 5.05. The molecule has 3 N–H and O–H groups in total. The number of amidine groups is 1. The smallest absolute Gasteiger partial charge is 0.275 e. The summed E-state index contributed by atoms with van der Waals surface area (Å²) >= 11 is 6.03. The van der Waals surface area contributed by atoms with Crippen molar-refractivity contribution in [1.29, 1.82) is 5.41 Å². The van der Waals surface area contributed by atoms with Crippen molar-refractivity contribution in [2.24, 2.45) is 0 Å². The zero-order valence-electron chi connectivity index (χ0n) is 17.2. The number of aromatic nitrogens is 2. The van der Waals surface area contributed by atoms with Gasteiger partial charge in [0, 0.05) is 11.3 Å². The molecule has 0 saturated carbocycles. The molecular weight excluding hydrogens is 449 g/mol. The molecule has 0 bridgehead atoms. The molecule has 0 unspecified atom stereocenters. The Morgan fingerprint density at radius 3 is 2.52 bits per heavy atom. The normalized spacial score (nSPS) is 21.8. The Bertz CT molecular complexity index is 1170. The molecule has 1 aliphatic rings.